The molecule has 1 amide bonds. The molecule has 3 aromatic rings. The smallest absolute Gasteiger partial charge is 0.260 e. The van der Waals surface area contributed by atoms with Gasteiger partial charge >= 0.3 is 0 Å². The van der Waals surface area contributed by atoms with E-state index in [-0.39, 0.29) is 10.8 Å². The van der Waals surface area contributed by atoms with Crippen LogP contribution in [0.2, 0.25) is 0 Å². The van der Waals surface area contributed by atoms with Gasteiger partial charge < -0.3 is 9.64 Å². The third-order valence-electron chi connectivity index (χ3n) is 6.32. The third-order valence-corrected chi connectivity index (χ3v) is 9.23. The monoisotopic (exact) mass is 546 g/mol. The van der Waals surface area contributed by atoms with Crippen molar-refractivity contribution in [1.29, 1.82) is 0 Å². The first-order valence-electron chi connectivity index (χ1n) is 12.9. The van der Waals surface area contributed by atoms with E-state index in [0.29, 0.717) is 42.7 Å². The number of para-hydroxylation sites is 1. The van der Waals surface area contributed by atoms with Gasteiger partial charge in [-0.2, -0.15) is 0 Å². The molecule has 0 bridgehead atoms. The van der Waals surface area contributed by atoms with Crippen molar-refractivity contribution in [3.8, 4) is 5.75 Å². The molecule has 3 rings (SSSR count). The lowest BCUT2D eigenvalue weighted by Gasteiger charge is -2.25. The van der Waals surface area contributed by atoms with Crippen molar-refractivity contribution in [2.45, 2.75) is 45.4 Å². The third kappa shape index (κ3) is 6.87. The molecule has 10 heteroatoms. The standard InChI is InChI=1S/C27H38N4O4S2/c1-6-10-18-29(5)37(33,34)22-16-14-21(15-17-22)26(32)31(20-19-30(7-2)8-3)27-28-25-23(35-9-4)12-11-13-24(25)36-27/h11-17H,6-10,18-20H2,1-5H3. The Labute approximate surface area is 224 Å². The Balaban J connectivity index is 1.93. The van der Waals surface area contributed by atoms with Crippen molar-refractivity contribution in [2.75, 3.05) is 51.3 Å². The number of benzene rings is 2. The second-order valence-corrected chi connectivity index (χ2v) is 11.8. The fourth-order valence-electron chi connectivity index (χ4n) is 3.97. The molecule has 8 nitrogen and oxygen atoms in total. The van der Waals surface area contributed by atoms with E-state index in [1.54, 1.807) is 24.1 Å². The van der Waals surface area contributed by atoms with Crippen molar-refractivity contribution in [2.24, 2.45) is 0 Å². The molecular formula is C27H38N4O4S2. The number of hydrogen-bond acceptors (Lipinski definition) is 7. The number of unbranched alkanes of at least 4 members (excludes halogenated alkanes) is 1. The van der Waals surface area contributed by atoms with E-state index < -0.39 is 10.0 Å². The highest BCUT2D eigenvalue weighted by Gasteiger charge is 2.25. The summed E-state index contributed by atoms with van der Waals surface area (Å²) in [6.45, 7) is 12.0. The number of sulfonamides is 1. The Hall–Kier alpha value is -2.53. The molecular weight excluding hydrogens is 508 g/mol. The fraction of sp³-hybridized carbons (Fsp3) is 0.481. The molecule has 2 aromatic carbocycles. The molecule has 0 fully saturated rings. The second kappa shape index (κ2) is 13.3. The Bertz CT molecular complexity index is 1270. The average Bonchev–Trinajstić information content (AvgIpc) is 3.34. The van der Waals surface area contributed by atoms with Gasteiger partial charge in [0, 0.05) is 32.2 Å². The second-order valence-electron chi connectivity index (χ2n) is 8.72. The Morgan fingerprint density at radius 2 is 1.68 bits per heavy atom. The zero-order valence-electron chi connectivity index (χ0n) is 22.4. The number of thiazole rings is 1. The number of hydrogen-bond donors (Lipinski definition) is 0. The largest absolute Gasteiger partial charge is 0.492 e. The molecule has 0 aliphatic carbocycles. The van der Waals surface area contributed by atoms with Gasteiger partial charge in [0.2, 0.25) is 10.0 Å². The van der Waals surface area contributed by atoms with E-state index in [0.717, 1.165) is 36.1 Å². The fourth-order valence-corrected chi connectivity index (χ4v) is 6.19. The summed E-state index contributed by atoms with van der Waals surface area (Å²) in [5, 5.41) is 0.593. The van der Waals surface area contributed by atoms with Gasteiger partial charge in [0.1, 0.15) is 11.3 Å². The van der Waals surface area contributed by atoms with E-state index in [4.69, 9.17) is 9.72 Å². The number of amides is 1. The minimum absolute atomic E-state index is 0.179. The highest BCUT2D eigenvalue weighted by Crippen LogP contribution is 2.35. The van der Waals surface area contributed by atoms with Crippen LogP contribution in [0.3, 0.4) is 0 Å². The van der Waals surface area contributed by atoms with Gasteiger partial charge in [0.25, 0.3) is 5.91 Å². The summed E-state index contributed by atoms with van der Waals surface area (Å²) in [5.74, 6) is 0.479. The van der Waals surface area contributed by atoms with Gasteiger partial charge in [-0.05, 0) is 62.8 Å². The topological polar surface area (TPSA) is 83.1 Å². The van der Waals surface area contributed by atoms with Crippen molar-refractivity contribution in [3.63, 3.8) is 0 Å². The molecule has 0 unspecified atom stereocenters. The van der Waals surface area contributed by atoms with Crippen molar-refractivity contribution < 1.29 is 17.9 Å². The predicted octanol–water partition coefficient (Wildman–Crippen LogP) is 5.10. The Morgan fingerprint density at radius 1 is 0.973 bits per heavy atom. The van der Waals surface area contributed by atoms with Crippen LogP contribution >= 0.6 is 11.3 Å². The van der Waals surface area contributed by atoms with E-state index >= 15 is 0 Å². The normalized spacial score (nSPS) is 12.0. The van der Waals surface area contributed by atoms with Gasteiger partial charge in [0.05, 0.1) is 16.2 Å². The highest BCUT2D eigenvalue weighted by molar-refractivity contribution is 7.89. The van der Waals surface area contributed by atoms with Crippen molar-refractivity contribution >= 4 is 42.6 Å². The minimum atomic E-state index is -3.60. The molecule has 0 radical (unpaired) electrons. The van der Waals surface area contributed by atoms with Crippen molar-refractivity contribution in [1.82, 2.24) is 14.2 Å². The maximum atomic E-state index is 13.7. The number of anilines is 1. The predicted molar refractivity (Wildman–Crippen MR) is 151 cm³/mol. The summed E-state index contributed by atoms with van der Waals surface area (Å²) in [6, 6.07) is 12.0. The molecule has 0 saturated heterocycles. The lowest BCUT2D eigenvalue weighted by atomic mass is 10.2. The molecule has 0 atom stereocenters. The first kappa shape index (κ1) is 29.0. The number of nitrogens with zero attached hydrogens (tertiary/aromatic N) is 4. The van der Waals surface area contributed by atoms with E-state index in [2.05, 4.69) is 18.7 Å². The maximum absolute atomic E-state index is 13.7. The first-order chi connectivity index (χ1) is 17.8. The Kier molecular flexibility index (Phi) is 10.5. The molecule has 202 valence electrons. The van der Waals surface area contributed by atoms with Crippen LogP contribution in [-0.4, -0.2) is 74.9 Å². The zero-order chi connectivity index (χ0) is 27.0. The summed E-state index contributed by atoms with van der Waals surface area (Å²) in [6.07, 6.45) is 1.70. The van der Waals surface area contributed by atoms with Crippen LogP contribution in [0.1, 0.15) is 50.9 Å². The highest BCUT2D eigenvalue weighted by atomic mass is 32.2. The molecule has 0 aliphatic heterocycles. The van der Waals surface area contributed by atoms with Crippen LogP contribution < -0.4 is 9.64 Å². The van der Waals surface area contributed by atoms with Crippen LogP contribution in [0.25, 0.3) is 10.2 Å². The summed E-state index contributed by atoms with van der Waals surface area (Å²) in [7, 11) is -2.02. The Morgan fingerprint density at radius 3 is 2.30 bits per heavy atom. The van der Waals surface area contributed by atoms with Crippen LogP contribution in [0.5, 0.6) is 5.75 Å². The van der Waals surface area contributed by atoms with Gasteiger partial charge in [-0.1, -0.05) is 44.6 Å². The summed E-state index contributed by atoms with van der Waals surface area (Å²) >= 11 is 1.45. The van der Waals surface area contributed by atoms with Crippen LogP contribution in [-0.2, 0) is 10.0 Å². The molecule has 37 heavy (non-hydrogen) atoms. The van der Waals surface area contributed by atoms with E-state index in [1.165, 1.54) is 27.8 Å². The maximum Gasteiger partial charge on any atom is 0.260 e. The minimum Gasteiger partial charge on any atom is -0.492 e. The molecule has 1 heterocycles. The van der Waals surface area contributed by atoms with E-state index in [9.17, 15) is 13.2 Å². The number of aromatic nitrogens is 1. The average molecular weight is 547 g/mol. The van der Waals surface area contributed by atoms with Gasteiger partial charge in [-0.15, -0.1) is 0 Å². The van der Waals surface area contributed by atoms with Crippen LogP contribution in [0.4, 0.5) is 5.13 Å². The number of ether oxygens (including phenoxy) is 1. The summed E-state index contributed by atoms with van der Waals surface area (Å²) in [5.41, 5.74) is 1.15. The molecule has 0 aliphatic rings. The van der Waals surface area contributed by atoms with Gasteiger partial charge in [-0.3, -0.25) is 9.69 Å². The zero-order valence-corrected chi connectivity index (χ0v) is 24.1. The van der Waals surface area contributed by atoms with Crippen LogP contribution in [0, 0.1) is 0 Å². The lowest BCUT2D eigenvalue weighted by molar-refractivity contribution is 0.0983. The summed E-state index contributed by atoms with van der Waals surface area (Å²) < 4.78 is 33.9. The SMILES string of the molecule is CCCCN(C)S(=O)(=O)c1ccc(C(=O)N(CCN(CC)CC)c2nc3c(OCC)cccc3s2)cc1. The number of carbonyl (C=O) groups is 1. The molecule has 0 spiro atoms. The van der Waals surface area contributed by atoms with E-state index in [1.807, 2.05) is 32.0 Å². The number of likely N-dealkylation sites (N-methyl/N-ethyl adjacent to an activating group) is 1. The number of carbonyl (C=O) groups excluding carboxylic acids is 1. The molecule has 0 N–H and O–H groups in total. The number of rotatable bonds is 14. The van der Waals surface area contributed by atoms with Gasteiger partial charge in [0.15, 0.2) is 5.13 Å². The molecule has 0 saturated carbocycles. The van der Waals surface area contributed by atoms with Gasteiger partial charge in [-0.25, -0.2) is 17.7 Å². The number of fused-ring (bicyclic) bond motifs is 1. The van der Waals surface area contributed by atoms with Crippen LogP contribution in [0.15, 0.2) is 47.4 Å². The lowest BCUT2D eigenvalue weighted by Crippen LogP contribution is -2.38. The summed E-state index contributed by atoms with van der Waals surface area (Å²) in [4.78, 5) is 22.7. The first-order valence-corrected chi connectivity index (χ1v) is 15.1. The molecule has 1 aromatic heterocycles. The quantitative estimate of drug-likeness (QED) is 0.280. The van der Waals surface area contributed by atoms with Crippen molar-refractivity contribution in [3.05, 3.63) is 48.0 Å².